The zero-order chi connectivity index (χ0) is 15.4. The molecule has 2 N–H and O–H groups in total. The smallest absolute Gasteiger partial charge is 0.335 e. The lowest BCUT2D eigenvalue weighted by Crippen LogP contribution is -2.22. The van der Waals surface area contributed by atoms with E-state index < -0.39 is 5.97 Å². The fourth-order valence-electron chi connectivity index (χ4n) is 1.92. The fraction of sp³-hybridized carbons (Fsp3) is 0.125. The van der Waals surface area contributed by atoms with Gasteiger partial charge in [-0.1, -0.05) is 29.8 Å². The maximum atomic E-state index is 12.0. The molecule has 0 aliphatic carbocycles. The van der Waals surface area contributed by atoms with Crippen LogP contribution >= 0.6 is 11.6 Å². The number of benzene rings is 2. The third-order valence-corrected chi connectivity index (χ3v) is 3.31. The molecule has 4 nitrogen and oxygen atoms in total. The van der Waals surface area contributed by atoms with E-state index >= 15 is 0 Å². The number of aryl methyl sites for hydroxylation is 1. The topological polar surface area (TPSA) is 66.4 Å². The largest absolute Gasteiger partial charge is 0.478 e. The summed E-state index contributed by atoms with van der Waals surface area (Å²) in [6.45, 7) is 1.99. The first-order chi connectivity index (χ1) is 9.97. The van der Waals surface area contributed by atoms with Crippen LogP contribution < -0.4 is 5.32 Å². The summed E-state index contributed by atoms with van der Waals surface area (Å²) >= 11 is 5.83. The molecule has 1 amide bonds. The van der Waals surface area contributed by atoms with E-state index in [9.17, 15) is 9.59 Å². The van der Waals surface area contributed by atoms with Gasteiger partial charge in [0, 0.05) is 17.1 Å². The van der Waals surface area contributed by atoms with Gasteiger partial charge in [-0.15, -0.1) is 0 Å². The quantitative estimate of drug-likeness (QED) is 0.911. The molecule has 108 valence electrons. The number of carbonyl (C=O) groups excluding carboxylic acids is 1. The van der Waals surface area contributed by atoms with Crippen LogP contribution in [0.2, 0.25) is 5.02 Å². The molecule has 0 radical (unpaired) electrons. The van der Waals surface area contributed by atoms with E-state index in [1.807, 2.05) is 0 Å². The van der Waals surface area contributed by atoms with Gasteiger partial charge in [-0.05, 0) is 42.3 Å². The number of hydrogen-bond donors (Lipinski definition) is 2. The fourth-order valence-corrected chi connectivity index (χ4v) is 2.11. The first-order valence-corrected chi connectivity index (χ1v) is 6.72. The zero-order valence-electron chi connectivity index (χ0n) is 11.4. The predicted octanol–water partition coefficient (Wildman–Crippen LogP) is 3.28. The molecule has 5 heteroatoms. The van der Waals surface area contributed by atoms with Crippen molar-refractivity contribution in [3.63, 3.8) is 0 Å². The molecule has 0 aliphatic heterocycles. The van der Waals surface area contributed by atoms with Crippen molar-refractivity contribution in [3.05, 3.63) is 69.7 Å². The minimum Gasteiger partial charge on any atom is -0.478 e. The van der Waals surface area contributed by atoms with Gasteiger partial charge < -0.3 is 10.4 Å². The van der Waals surface area contributed by atoms with Crippen molar-refractivity contribution >= 4 is 23.5 Å². The van der Waals surface area contributed by atoms with E-state index in [-0.39, 0.29) is 18.0 Å². The van der Waals surface area contributed by atoms with Gasteiger partial charge in [-0.2, -0.15) is 0 Å². The summed E-state index contributed by atoms with van der Waals surface area (Å²) in [5.41, 5.74) is 2.12. The van der Waals surface area contributed by atoms with Crippen LogP contribution in [0, 0.1) is 6.92 Å². The van der Waals surface area contributed by atoms with E-state index in [0.29, 0.717) is 16.1 Å². The Morgan fingerprint density at radius 3 is 2.62 bits per heavy atom. The Morgan fingerprint density at radius 2 is 1.95 bits per heavy atom. The third-order valence-electron chi connectivity index (χ3n) is 3.07. The third kappa shape index (κ3) is 3.83. The van der Waals surface area contributed by atoms with Crippen molar-refractivity contribution in [2.75, 3.05) is 0 Å². The highest BCUT2D eigenvalue weighted by Gasteiger charge is 2.09. The van der Waals surface area contributed by atoms with E-state index in [1.165, 1.54) is 0 Å². The standard InChI is InChI=1S/C16H14ClNO3/c1-10-5-6-11(7-14(10)16(20)21)9-18-15(19)12-3-2-4-13(17)8-12/h2-8H,9H2,1H3,(H,18,19)(H,20,21). The van der Waals surface area contributed by atoms with Gasteiger partial charge in [0.15, 0.2) is 0 Å². The van der Waals surface area contributed by atoms with Crippen LogP contribution in [-0.4, -0.2) is 17.0 Å². The number of carbonyl (C=O) groups is 2. The number of carboxylic acid groups (broad SMARTS) is 1. The Morgan fingerprint density at radius 1 is 1.19 bits per heavy atom. The Labute approximate surface area is 127 Å². The van der Waals surface area contributed by atoms with Gasteiger partial charge in [0.1, 0.15) is 0 Å². The summed E-state index contributed by atoms with van der Waals surface area (Å²) in [6.07, 6.45) is 0. The molecular weight excluding hydrogens is 290 g/mol. The normalized spacial score (nSPS) is 10.2. The van der Waals surface area contributed by atoms with Gasteiger partial charge in [0.25, 0.3) is 5.91 Å². The number of halogens is 1. The summed E-state index contributed by atoms with van der Waals surface area (Å²) in [5.74, 6) is -1.23. The highest BCUT2D eigenvalue weighted by Crippen LogP contribution is 2.13. The molecule has 0 heterocycles. The highest BCUT2D eigenvalue weighted by molar-refractivity contribution is 6.30. The molecule has 0 aromatic heterocycles. The maximum Gasteiger partial charge on any atom is 0.335 e. The number of carboxylic acids is 1. The van der Waals surface area contributed by atoms with E-state index in [4.69, 9.17) is 16.7 Å². The van der Waals surface area contributed by atoms with Gasteiger partial charge >= 0.3 is 5.97 Å². The molecule has 0 atom stereocenters. The number of hydrogen-bond acceptors (Lipinski definition) is 2. The lowest BCUT2D eigenvalue weighted by atomic mass is 10.0. The monoisotopic (exact) mass is 303 g/mol. The first kappa shape index (κ1) is 15.1. The Hall–Kier alpha value is -2.33. The second kappa shape index (κ2) is 6.41. The zero-order valence-corrected chi connectivity index (χ0v) is 12.1. The summed E-state index contributed by atoms with van der Waals surface area (Å²) in [7, 11) is 0. The van der Waals surface area contributed by atoms with Crippen molar-refractivity contribution in [2.45, 2.75) is 13.5 Å². The number of rotatable bonds is 4. The van der Waals surface area contributed by atoms with Crippen molar-refractivity contribution in [1.82, 2.24) is 5.32 Å². The summed E-state index contributed by atoms with van der Waals surface area (Å²) < 4.78 is 0. The molecule has 2 aromatic carbocycles. The Kier molecular flexibility index (Phi) is 4.60. The van der Waals surface area contributed by atoms with E-state index in [1.54, 1.807) is 49.4 Å². The minimum absolute atomic E-state index is 0.240. The summed E-state index contributed by atoms with van der Waals surface area (Å²) in [4.78, 5) is 23.0. The van der Waals surface area contributed by atoms with Crippen LogP contribution in [0.3, 0.4) is 0 Å². The number of aromatic carboxylic acids is 1. The molecule has 0 bridgehead atoms. The van der Waals surface area contributed by atoms with Crippen molar-refractivity contribution < 1.29 is 14.7 Å². The van der Waals surface area contributed by atoms with Gasteiger partial charge in [-0.3, -0.25) is 4.79 Å². The SMILES string of the molecule is Cc1ccc(CNC(=O)c2cccc(Cl)c2)cc1C(=O)O. The molecule has 0 spiro atoms. The molecule has 0 saturated heterocycles. The second-order valence-corrected chi connectivity index (χ2v) is 5.08. The van der Waals surface area contributed by atoms with Crippen molar-refractivity contribution in [2.24, 2.45) is 0 Å². The average Bonchev–Trinajstić information content (AvgIpc) is 2.45. The van der Waals surface area contributed by atoms with Gasteiger partial charge in [0.05, 0.1) is 5.56 Å². The maximum absolute atomic E-state index is 12.0. The Balaban J connectivity index is 2.08. The molecule has 21 heavy (non-hydrogen) atoms. The lowest BCUT2D eigenvalue weighted by Gasteiger charge is -2.08. The van der Waals surface area contributed by atoms with Crippen LogP contribution in [0.25, 0.3) is 0 Å². The Bertz CT molecular complexity index is 698. The van der Waals surface area contributed by atoms with Crippen LogP contribution in [0.1, 0.15) is 31.8 Å². The van der Waals surface area contributed by atoms with Gasteiger partial charge in [0.2, 0.25) is 0 Å². The number of nitrogens with one attached hydrogen (secondary N) is 1. The second-order valence-electron chi connectivity index (χ2n) is 4.65. The number of amides is 1. The molecule has 0 saturated carbocycles. The summed E-state index contributed by atoms with van der Waals surface area (Å²) in [6, 6.07) is 11.7. The molecule has 0 fully saturated rings. The van der Waals surface area contributed by atoms with E-state index in [2.05, 4.69) is 5.32 Å². The molecule has 2 rings (SSSR count). The average molecular weight is 304 g/mol. The molecule has 0 unspecified atom stereocenters. The molecule has 0 aliphatic rings. The lowest BCUT2D eigenvalue weighted by molar-refractivity contribution is 0.0696. The van der Waals surface area contributed by atoms with Crippen molar-refractivity contribution in [3.8, 4) is 0 Å². The predicted molar refractivity (Wildman–Crippen MR) is 80.8 cm³/mol. The minimum atomic E-state index is -0.976. The van der Waals surface area contributed by atoms with Gasteiger partial charge in [-0.25, -0.2) is 4.79 Å². The molecular formula is C16H14ClNO3. The van der Waals surface area contributed by atoms with Crippen LogP contribution in [-0.2, 0) is 6.54 Å². The van der Waals surface area contributed by atoms with Crippen molar-refractivity contribution in [1.29, 1.82) is 0 Å². The van der Waals surface area contributed by atoms with Crippen LogP contribution in [0.5, 0.6) is 0 Å². The summed E-state index contributed by atoms with van der Waals surface area (Å²) in [5, 5.41) is 12.3. The van der Waals surface area contributed by atoms with E-state index in [0.717, 1.165) is 5.56 Å². The first-order valence-electron chi connectivity index (χ1n) is 6.34. The van der Waals surface area contributed by atoms with Crippen LogP contribution in [0.15, 0.2) is 42.5 Å². The molecule has 2 aromatic rings. The van der Waals surface area contributed by atoms with Crippen LogP contribution in [0.4, 0.5) is 0 Å². The highest BCUT2D eigenvalue weighted by atomic mass is 35.5.